The maximum atomic E-state index is 12.0. The molecule has 6 nitrogen and oxygen atoms in total. The zero-order valence-electron chi connectivity index (χ0n) is 11.8. The van der Waals surface area contributed by atoms with Gasteiger partial charge in [0, 0.05) is 27.1 Å². The van der Waals surface area contributed by atoms with Crippen molar-refractivity contribution in [1.29, 1.82) is 0 Å². The van der Waals surface area contributed by atoms with Crippen molar-refractivity contribution in [3.05, 3.63) is 29.8 Å². The van der Waals surface area contributed by atoms with E-state index >= 15 is 0 Å². The Morgan fingerprint density at radius 3 is 2.60 bits per heavy atom. The first kappa shape index (κ1) is 16.6. The number of hydrogen-bond donors (Lipinski definition) is 2. The summed E-state index contributed by atoms with van der Waals surface area (Å²) in [6.07, 6.45) is -0.636. The molecule has 0 aliphatic rings. The van der Waals surface area contributed by atoms with E-state index < -0.39 is 16.1 Å². The number of nitrogens with zero attached hydrogens (tertiary/aromatic N) is 1. The Balaban J connectivity index is 2.74. The van der Waals surface area contributed by atoms with Crippen LogP contribution in [0.25, 0.3) is 0 Å². The van der Waals surface area contributed by atoms with Gasteiger partial charge in [-0.05, 0) is 24.6 Å². The molecule has 7 heteroatoms. The van der Waals surface area contributed by atoms with E-state index in [9.17, 15) is 18.3 Å². The van der Waals surface area contributed by atoms with Crippen molar-refractivity contribution in [1.82, 2.24) is 9.62 Å². The standard InChI is InChI=1S/C13H20N2O4S/c1-10(16)11-5-4-6-12(9-11)20(18,19)14-8-7-13(17)15(2)3/h4-6,9-10,14,16H,7-8H2,1-3H3. The van der Waals surface area contributed by atoms with Gasteiger partial charge in [-0.2, -0.15) is 0 Å². The third kappa shape index (κ3) is 4.59. The Morgan fingerprint density at radius 1 is 1.40 bits per heavy atom. The number of aliphatic hydroxyl groups is 1. The summed E-state index contributed by atoms with van der Waals surface area (Å²) in [7, 11) is -0.441. The molecule has 112 valence electrons. The number of rotatable bonds is 6. The molecule has 0 spiro atoms. The first-order chi connectivity index (χ1) is 9.24. The van der Waals surface area contributed by atoms with Gasteiger partial charge in [-0.25, -0.2) is 13.1 Å². The molecule has 0 aliphatic heterocycles. The molecule has 1 rings (SSSR count). The quantitative estimate of drug-likeness (QED) is 0.801. The lowest BCUT2D eigenvalue weighted by molar-refractivity contribution is -0.128. The second-order valence-electron chi connectivity index (χ2n) is 4.68. The van der Waals surface area contributed by atoms with E-state index in [1.807, 2.05) is 0 Å². The summed E-state index contributed by atoms with van der Waals surface area (Å²) in [5.74, 6) is -0.148. The molecule has 0 heterocycles. The van der Waals surface area contributed by atoms with Crippen LogP contribution in [0, 0.1) is 0 Å². The fourth-order valence-corrected chi connectivity index (χ4v) is 2.63. The molecule has 20 heavy (non-hydrogen) atoms. The van der Waals surface area contributed by atoms with Gasteiger partial charge in [0.1, 0.15) is 0 Å². The van der Waals surface area contributed by atoms with Gasteiger partial charge < -0.3 is 10.0 Å². The van der Waals surface area contributed by atoms with E-state index in [2.05, 4.69) is 4.72 Å². The van der Waals surface area contributed by atoms with Crippen LogP contribution in [0.1, 0.15) is 25.0 Å². The normalized spacial score (nSPS) is 13.0. The molecular formula is C13H20N2O4S. The molecule has 2 N–H and O–H groups in total. The minimum absolute atomic E-state index is 0.0399. The largest absolute Gasteiger partial charge is 0.389 e. The van der Waals surface area contributed by atoms with Crippen LogP contribution in [0.4, 0.5) is 0 Å². The molecule has 0 saturated heterocycles. The van der Waals surface area contributed by atoms with E-state index in [0.717, 1.165) is 0 Å². The van der Waals surface area contributed by atoms with Gasteiger partial charge in [0.15, 0.2) is 0 Å². The average molecular weight is 300 g/mol. The second kappa shape index (κ2) is 6.83. The van der Waals surface area contributed by atoms with E-state index in [1.165, 1.54) is 17.0 Å². The first-order valence-electron chi connectivity index (χ1n) is 6.22. The Labute approximate surface area is 119 Å². The fourth-order valence-electron chi connectivity index (χ4n) is 1.54. The first-order valence-corrected chi connectivity index (χ1v) is 7.70. The Morgan fingerprint density at radius 2 is 2.05 bits per heavy atom. The van der Waals surface area contributed by atoms with Crippen LogP contribution in [0.5, 0.6) is 0 Å². The van der Waals surface area contributed by atoms with Gasteiger partial charge in [-0.3, -0.25) is 4.79 Å². The number of nitrogens with one attached hydrogen (secondary N) is 1. The Bertz CT molecular complexity index is 567. The SMILES string of the molecule is CC(O)c1cccc(S(=O)(=O)NCCC(=O)N(C)C)c1. The van der Waals surface area contributed by atoms with Gasteiger partial charge in [-0.1, -0.05) is 12.1 Å². The molecule has 1 atom stereocenters. The number of sulfonamides is 1. The van der Waals surface area contributed by atoms with Gasteiger partial charge >= 0.3 is 0 Å². The highest BCUT2D eigenvalue weighted by Gasteiger charge is 2.15. The van der Waals surface area contributed by atoms with Crippen molar-refractivity contribution in [2.75, 3.05) is 20.6 Å². The maximum Gasteiger partial charge on any atom is 0.240 e. The van der Waals surface area contributed by atoms with Crippen LogP contribution in [0.2, 0.25) is 0 Å². The molecule has 0 fully saturated rings. The number of benzene rings is 1. The minimum atomic E-state index is -3.67. The fraction of sp³-hybridized carbons (Fsp3) is 0.462. The lowest BCUT2D eigenvalue weighted by atomic mass is 10.1. The summed E-state index contributed by atoms with van der Waals surface area (Å²) >= 11 is 0. The zero-order chi connectivity index (χ0) is 15.3. The Kier molecular flexibility index (Phi) is 5.67. The lowest BCUT2D eigenvalue weighted by Crippen LogP contribution is -2.30. The summed E-state index contributed by atoms with van der Waals surface area (Å²) in [6, 6.07) is 6.09. The topological polar surface area (TPSA) is 86.7 Å². The summed E-state index contributed by atoms with van der Waals surface area (Å²) < 4.78 is 26.5. The number of hydrogen-bond acceptors (Lipinski definition) is 4. The van der Waals surface area contributed by atoms with Crippen molar-refractivity contribution in [2.24, 2.45) is 0 Å². The third-order valence-electron chi connectivity index (χ3n) is 2.78. The van der Waals surface area contributed by atoms with Crippen molar-refractivity contribution in [3.8, 4) is 0 Å². The average Bonchev–Trinajstić information content (AvgIpc) is 2.38. The van der Waals surface area contributed by atoms with Crippen molar-refractivity contribution in [2.45, 2.75) is 24.3 Å². The van der Waals surface area contributed by atoms with Crippen LogP contribution in [-0.4, -0.2) is 45.0 Å². The molecule has 0 bridgehead atoms. The van der Waals surface area contributed by atoms with Crippen LogP contribution >= 0.6 is 0 Å². The van der Waals surface area contributed by atoms with Crippen LogP contribution in [-0.2, 0) is 14.8 Å². The maximum absolute atomic E-state index is 12.0. The summed E-state index contributed by atoms with van der Waals surface area (Å²) in [4.78, 5) is 12.8. The third-order valence-corrected chi connectivity index (χ3v) is 4.24. The van der Waals surface area contributed by atoms with E-state index in [-0.39, 0.29) is 23.8 Å². The summed E-state index contributed by atoms with van der Waals surface area (Å²) in [5.41, 5.74) is 0.525. The highest BCUT2D eigenvalue weighted by atomic mass is 32.2. The number of aliphatic hydroxyl groups excluding tert-OH is 1. The van der Waals surface area contributed by atoms with Crippen LogP contribution < -0.4 is 4.72 Å². The number of carbonyl (C=O) groups is 1. The van der Waals surface area contributed by atoms with Crippen LogP contribution in [0.3, 0.4) is 0 Å². The summed E-state index contributed by atoms with van der Waals surface area (Å²) in [6.45, 7) is 1.60. The molecular weight excluding hydrogens is 280 g/mol. The smallest absolute Gasteiger partial charge is 0.240 e. The molecule has 0 aliphatic carbocycles. The highest BCUT2D eigenvalue weighted by Crippen LogP contribution is 2.16. The summed E-state index contributed by atoms with van der Waals surface area (Å²) in [5, 5.41) is 9.46. The van der Waals surface area contributed by atoms with Crippen LogP contribution in [0.15, 0.2) is 29.2 Å². The minimum Gasteiger partial charge on any atom is -0.389 e. The zero-order valence-corrected chi connectivity index (χ0v) is 12.6. The molecule has 1 aromatic rings. The van der Waals surface area contributed by atoms with E-state index in [4.69, 9.17) is 0 Å². The molecule has 0 radical (unpaired) electrons. The van der Waals surface area contributed by atoms with Gasteiger partial charge in [-0.15, -0.1) is 0 Å². The molecule has 1 amide bonds. The monoisotopic (exact) mass is 300 g/mol. The van der Waals surface area contributed by atoms with E-state index in [1.54, 1.807) is 33.2 Å². The Hall–Kier alpha value is -1.44. The predicted molar refractivity (Wildman–Crippen MR) is 75.6 cm³/mol. The van der Waals surface area contributed by atoms with Gasteiger partial charge in [0.25, 0.3) is 0 Å². The molecule has 1 aromatic carbocycles. The molecule has 1 unspecified atom stereocenters. The van der Waals surface area contributed by atoms with E-state index in [0.29, 0.717) is 5.56 Å². The van der Waals surface area contributed by atoms with Crippen molar-refractivity contribution < 1.29 is 18.3 Å². The highest BCUT2D eigenvalue weighted by molar-refractivity contribution is 7.89. The number of carbonyl (C=O) groups excluding carboxylic acids is 1. The molecule has 0 aromatic heterocycles. The lowest BCUT2D eigenvalue weighted by Gasteiger charge is -2.12. The number of amides is 1. The van der Waals surface area contributed by atoms with Crippen molar-refractivity contribution in [3.63, 3.8) is 0 Å². The second-order valence-corrected chi connectivity index (χ2v) is 6.45. The predicted octanol–water partition coefficient (Wildman–Crippen LogP) is 0.496. The van der Waals surface area contributed by atoms with Gasteiger partial charge in [0.05, 0.1) is 11.0 Å². The van der Waals surface area contributed by atoms with Crippen molar-refractivity contribution >= 4 is 15.9 Å². The van der Waals surface area contributed by atoms with Gasteiger partial charge in [0.2, 0.25) is 15.9 Å². The molecule has 0 saturated carbocycles.